The first-order chi connectivity index (χ1) is 8.84. The summed E-state index contributed by atoms with van der Waals surface area (Å²) in [5.74, 6) is 1.08. The number of fused-ring (bicyclic) bond motifs is 4. The average molecular weight is 241 g/mol. The van der Waals surface area contributed by atoms with Crippen LogP contribution in [0.25, 0.3) is 11.0 Å². The number of imidazole rings is 1. The molecule has 1 aromatic heterocycles. The molecule has 2 heterocycles. The van der Waals surface area contributed by atoms with Gasteiger partial charge in [-0.1, -0.05) is 25.0 Å². The Hall–Kier alpha value is -1.84. The number of nitrogens with zero attached hydrogens (tertiary/aromatic N) is 2. The molecular weight excluding hydrogens is 226 g/mol. The predicted molar refractivity (Wildman–Crippen MR) is 69.7 cm³/mol. The van der Waals surface area contributed by atoms with Crippen LogP contribution in [0.5, 0.6) is 0 Å². The Bertz CT molecular complexity index is 631. The van der Waals surface area contributed by atoms with Crippen molar-refractivity contribution in [2.75, 3.05) is 5.32 Å². The molecule has 2 unspecified atom stereocenters. The fourth-order valence-corrected chi connectivity index (χ4v) is 3.28. The Kier molecular flexibility index (Phi) is 2.01. The third kappa shape index (κ3) is 1.26. The Labute approximate surface area is 105 Å². The number of carbonyl (C=O) groups excluding carboxylic acids is 1. The molecule has 0 radical (unpaired) electrons. The predicted octanol–water partition coefficient (Wildman–Crippen LogP) is 2.66. The molecule has 1 aliphatic heterocycles. The lowest BCUT2D eigenvalue weighted by Gasteiger charge is -2.35. The van der Waals surface area contributed by atoms with Crippen molar-refractivity contribution in [2.45, 2.75) is 31.7 Å². The number of para-hydroxylation sites is 2. The van der Waals surface area contributed by atoms with Gasteiger partial charge in [0.1, 0.15) is 0 Å². The maximum atomic E-state index is 12.6. The fraction of sp³-hybridized carbons (Fsp3) is 0.429. The second kappa shape index (κ2) is 3.57. The summed E-state index contributed by atoms with van der Waals surface area (Å²) in [6.07, 6.45) is 4.46. The highest BCUT2D eigenvalue weighted by molar-refractivity contribution is 5.97. The third-order valence-electron chi connectivity index (χ3n) is 4.18. The van der Waals surface area contributed by atoms with Crippen molar-refractivity contribution in [1.82, 2.24) is 9.55 Å². The van der Waals surface area contributed by atoms with Gasteiger partial charge in [0.2, 0.25) is 11.9 Å². The van der Waals surface area contributed by atoms with Gasteiger partial charge in [-0.15, -0.1) is 0 Å². The van der Waals surface area contributed by atoms with E-state index in [4.69, 9.17) is 0 Å². The van der Waals surface area contributed by atoms with Crippen LogP contribution in [0.3, 0.4) is 0 Å². The maximum absolute atomic E-state index is 12.6. The lowest BCUT2D eigenvalue weighted by atomic mass is 9.83. The molecule has 1 aliphatic carbocycles. The number of rotatable bonds is 0. The van der Waals surface area contributed by atoms with E-state index in [1.807, 2.05) is 24.3 Å². The van der Waals surface area contributed by atoms with Gasteiger partial charge in [0.25, 0.3) is 0 Å². The van der Waals surface area contributed by atoms with Crippen LogP contribution in [0.4, 0.5) is 5.95 Å². The number of hydrogen-bond acceptors (Lipinski definition) is 3. The van der Waals surface area contributed by atoms with Crippen molar-refractivity contribution in [3.8, 4) is 0 Å². The molecule has 18 heavy (non-hydrogen) atoms. The molecule has 0 bridgehead atoms. The van der Waals surface area contributed by atoms with Crippen molar-refractivity contribution in [1.29, 1.82) is 0 Å². The molecule has 0 amide bonds. The topological polar surface area (TPSA) is 46.9 Å². The van der Waals surface area contributed by atoms with E-state index in [1.165, 1.54) is 6.42 Å². The van der Waals surface area contributed by atoms with Crippen LogP contribution >= 0.6 is 0 Å². The van der Waals surface area contributed by atoms with Gasteiger partial charge in [-0.2, -0.15) is 0 Å². The van der Waals surface area contributed by atoms with Gasteiger partial charge in [-0.05, 0) is 25.0 Å². The molecule has 1 aromatic carbocycles. The Balaban J connectivity index is 1.91. The minimum absolute atomic E-state index is 0.129. The number of hydrogen-bond donors (Lipinski definition) is 1. The summed E-state index contributed by atoms with van der Waals surface area (Å²) in [6, 6.07) is 8.13. The fourth-order valence-electron chi connectivity index (χ4n) is 3.28. The average Bonchev–Trinajstić information content (AvgIpc) is 2.77. The molecule has 4 nitrogen and oxygen atoms in total. The SMILES string of the molecule is O=C1C2CCCCC2Nc2nc3ccccc3n21. The van der Waals surface area contributed by atoms with E-state index < -0.39 is 0 Å². The van der Waals surface area contributed by atoms with E-state index in [0.717, 1.165) is 36.2 Å². The summed E-state index contributed by atoms with van der Waals surface area (Å²) in [5, 5.41) is 3.45. The first-order valence-electron chi connectivity index (χ1n) is 6.63. The highest BCUT2D eigenvalue weighted by Crippen LogP contribution is 2.34. The van der Waals surface area contributed by atoms with Crippen LogP contribution in [0.2, 0.25) is 0 Å². The smallest absolute Gasteiger partial charge is 0.239 e. The third-order valence-corrected chi connectivity index (χ3v) is 4.18. The molecule has 0 spiro atoms. The lowest BCUT2D eigenvalue weighted by molar-refractivity contribution is 0.0780. The molecule has 2 aromatic rings. The Morgan fingerprint density at radius 1 is 1.22 bits per heavy atom. The Morgan fingerprint density at radius 3 is 3.00 bits per heavy atom. The highest BCUT2D eigenvalue weighted by atomic mass is 16.2. The van der Waals surface area contributed by atoms with Crippen molar-refractivity contribution in [2.24, 2.45) is 5.92 Å². The second-order valence-corrected chi connectivity index (χ2v) is 5.24. The molecular formula is C14H15N3O. The molecule has 92 valence electrons. The number of benzene rings is 1. The van der Waals surface area contributed by atoms with Crippen LogP contribution in [-0.4, -0.2) is 21.5 Å². The molecule has 0 saturated heterocycles. The Morgan fingerprint density at radius 2 is 2.06 bits per heavy atom. The molecule has 1 fully saturated rings. The molecule has 1 N–H and O–H groups in total. The first kappa shape index (κ1) is 10.1. The minimum atomic E-state index is 0.129. The van der Waals surface area contributed by atoms with E-state index in [-0.39, 0.29) is 17.9 Å². The van der Waals surface area contributed by atoms with Crippen LogP contribution < -0.4 is 5.32 Å². The molecule has 2 atom stereocenters. The van der Waals surface area contributed by atoms with Gasteiger partial charge in [0.15, 0.2) is 0 Å². The number of nitrogens with one attached hydrogen (secondary N) is 1. The van der Waals surface area contributed by atoms with Gasteiger partial charge in [0, 0.05) is 6.04 Å². The zero-order valence-electron chi connectivity index (χ0n) is 10.1. The zero-order chi connectivity index (χ0) is 12.1. The summed E-state index contributed by atoms with van der Waals surface area (Å²) >= 11 is 0. The van der Waals surface area contributed by atoms with Crippen LogP contribution in [0.1, 0.15) is 30.5 Å². The van der Waals surface area contributed by atoms with Gasteiger partial charge >= 0.3 is 0 Å². The van der Waals surface area contributed by atoms with E-state index in [2.05, 4.69) is 10.3 Å². The van der Waals surface area contributed by atoms with Crippen molar-refractivity contribution >= 4 is 22.9 Å². The summed E-state index contributed by atoms with van der Waals surface area (Å²) in [7, 11) is 0. The summed E-state index contributed by atoms with van der Waals surface area (Å²) in [4.78, 5) is 17.1. The van der Waals surface area contributed by atoms with E-state index in [0.29, 0.717) is 0 Å². The summed E-state index contributed by atoms with van der Waals surface area (Å²) in [5.41, 5.74) is 1.82. The highest BCUT2D eigenvalue weighted by Gasteiger charge is 2.38. The van der Waals surface area contributed by atoms with Crippen LogP contribution in [-0.2, 0) is 0 Å². The van der Waals surface area contributed by atoms with Crippen molar-refractivity contribution < 1.29 is 4.79 Å². The standard InChI is InChI=1S/C14H15N3O/c18-13-9-5-1-2-6-10(9)15-14-16-11-7-3-4-8-12(11)17(13)14/h3-4,7-10H,1-2,5-6H2,(H,15,16). The van der Waals surface area contributed by atoms with Crippen LogP contribution in [0, 0.1) is 5.92 Å². The van der Waals surface area contributed by atoms with E-state index >= 15 is 0 Å². The van der Waals surface area contributed by atoms with Gasteiger partial charge in [-0.3, -0.25) is 4.79 Å². The second-order valence-electron chi connectivity index (χ2n) is 5.24. The monoisotopic (exact) mass is 241 g/mol. The van der Waals surface area contributed by atoms with Gasteiger partial charge in [-0.25, -0.2) is 9.55 Å². The largest absolute Gasteiger partial charge is 0.352 e. The summed E-state index contributed by atoms with van der Waals surface area (Å²) < 4.78 is 1.77. The maximum Gasteiger partial charge on any atom is 0.239 e. The van der Waals surface area contributed by atoms with Crippen molar-refractivity contribution in [3.63, 3.8) is 0 Å². The first-order valence-corrected chi connectivity index (χ1v) is 6.63. The number of aromatic nitrogens is 2. The molecule has 1 saturated carbocycles. The van der Waals surface area contributed by atoms with Crippen LogP contribution in [0.15, 0.2) is 24.3 Å². The summed E-state index contributed by atoms with van der Waals surface area (Å²) in [6.45, 7) is 0. The van der Waals surface area contributed by atoms with Gasteiger partial charge < -0.3 is 5.32 Å². The number of carbonyl (C=O) groups is 1. The van der Waals surface area contributed by atoms with Crippen molar-refractivity contribution in [3.05, 3.63) is 24.3 Å². The zero-order valence-corrected chi connectivity index (χ0v) is 10.1. The quantitative estimate of drug-likeness (QED) is 0.771. The molecule has 4 rings (SSSR count). The number of anilines is 1. The van der Waals surface area contributed by atoms with Gasteiger partial charge in [0.05, 0.1) is 17.0 Å². The lowest BCUT2D eigenvalue weighted by Crippen LogP contribution is -2.44. The molecule has 2 aliphatic rings. The van der Waals surface area contributed by atoms with E-state index in [9.17, 15) is 4.79 Å². The molecule has 4 heteroatoms. The minimum Gasteiger partial charge on any atom is -0.352 e. The normalized spacial score (nSPS) is 26.6. The van der Waals surface area contributed by atoms with E-state index in [1.54, 1.807) is 4.57 Å².